The fraction of sp³-hybridized carbons (Fsp3) is 0.318. The number of aromatic nitrogens is 2. The standard InChI is InChI=1S/C22H24N4O4S/c1-15-4-3-5-18(14-15)22-24-21(25-30-22)17-10-12-26(13-11-17)31(28,29)20-8-6-19(7-9-20)23-16(2)27/h3-9,14,17H,10-13H2,1-2H3,(H,23,27). The molecule has 1 aliphatic rings. The molecule has 162 valence electrons. The van der Waals surface area contributed by atoms with Crippen molar-refractivity contribution in [2.75, 3.05) is 18.4 Å². The van der Waals surface area contributed by atoms with E-state index in [0.717, 1.165) is 11.1 Å². The summed E-state index contributed by atoms with van der Waals surface area (Å²) in [7, 11) is -3.60. The Kier molecular flexibility index (Phi) is 5.88. The number of aryl methyl sites for hydroxylation is 1. The van der Waals surface area contributed by atoms with Gasteiger partial charge in [0.15, 0.2) is 5.82 Å². The van der Waals surface area contributed by atoms with Gasteiger partial charge in [0, 0.05) is 37.2 Å². The van der Waals surface area contributed by atoms with E-state index >= 15 is 0 Å². The van der Waals surface area contributed by atoms with Crippen LogP contribution in [0.1, 0.15) is 37.1 Å². The fourth-order valence-corrected chi connectivity index (χ4v) is 5.18. The fourth-order valence-electron chi connectivity index (χ4n) is 3.71. The van der Waals surface area contributed by atoms with Crippen LogP contribution < -0.4 is 5.32 Å². The molecular formula is C22H24N4O4S. The maximum atomic E-state index is 13.0. The molecule has 9 heteroatoms. The van der Waals surface area contributed by atoms with E-state index in [4.69, 9.17) is 4.52 Å². The number of nitrogens with one attached hydrogen (secondary N) is 1. The zero-order valence-corrected chi connectivity index (χ0v) is 18.2. The van der Waals surface area contributed by atoms with Crippen LogP contribution in [0.3, 0.4) is 0 Å². The Hall–Kier alpha value is -3.04. The van der Waals surface area contributed by atoms with Crippen LogP contribution in [-0.4, -0.2) is 41.9 Å². The number of hydrogen-bond donors (Lipinski definition) is 1. The van der Waals surface area contributed by atoms with Crippen LogP contribution in [0.2, 0.25) is 0 Å². The number of carbonyl (C=O) groups excluding carboxylic acids is 1. The van der Waals surface area contributed by atoms with Gasteiger partial charge in [0.25, 0.3) is 5.89 Å². The second kappa shape index (κ2) is 8.60. The minimum absolute atomic E-state index is 0.0518. The lowest BCUT2D eigenvalue weighted by atomic mass is 9.97. The number of hydrogen-bond acceptors (Lipinski definition) is 6. The van der Waals surface area contributed by atoms with Gasteiger partial charge in [0.2, 0.25) is 15.9 Å². The Bertz CT molecular complexity index is 1180. The van der Waals surface area contributed by atoms with Crippen LogP contribution in [-0.2, 0) is 14.8 Å². The van der Waals surface area contributed by atoms with Crippen LogP contribution in [0.25, 0.3) is 11.5 Å². The highest BCUT2D eigenvalue weighted by Gasteiger charge is 2.32. The van der Waals surface area contributed by atoms with Crippen molar-refractivity contribution in [2.45, 2.75) is 37.5 Å². The largest absolute Gasteiger partial charge is 0.334 e. The minimum Gasteiger partial charge on any atom is -0.334 e. The highest BCUT2D eigenvalue weighted by Crippen LogP contribution is 2.31. The topological polar surface area (TPSA) is 105 Å². The molecule has 0 unspecified atom stereocenters. The van der Waals surface area contributed by atoms with Gasteiger partial charge < -0.3 is 9.84 Å². The summed E-state index contributed by atoms with van der Waals surface area (Å²) in [6, 6.07) is 14.1. The maximum Gasteiger partial charge on any atom is 0.257 e. The summed E-state index contributed by atoms with van der Waals surface area (Å²) in [5.74, 6) is 0.946. The molecule has 0 radical (unpaired) electrons. The first-order valence-electron chi connectivity index (χ1n) is 10.1. The minimum atomic E-state index is -3.60. The molecule has 4 rings (SSSR count). The molecule has 1 amide bonds. The van der Waals surface area contributed by atoms with E-state index in [0.29, 0.717) is 43.3 Å². The SMILES string of the molecule is CC(=O)Nc1ccc(S(=O)(=O)N2CCC(c3noc(-c4cccc(C)c4)n3)CC2)cc1. The van der Waals surface area contributed by atoms with Crippen LogP contribution in [0.15, 0.2) is 57.9 Å². The Labute approximate surface area is 181 Å². The van der Waals surface area contributed by atoms with E-state index in [1.807, 2.05) is 31.2 Å². The molecule has 0 atom stereocenters. The summed E-state index contributed by atoms with van der Waals surface area (Å²) >= 11 is 0. The Balaban J connectivity index is 1.42. The number of rotatable bonds is 5. The summed E-state index contributed by atoms with van der Waals surface area (Å²) in [5, 5.41) is 6.77. The van der Waals surface area contributed by atoms with Crippen molar-refractivity contribution in [1.29, 1.82) is 0 Å². The molecule has 0 bridgehead atoms. The third-order valence-corrected chi connectivity index (χ3v) is 7.25. The number of piperidine rings is 1. The average molecular weight is 441 g/mol. The number of nitrogens with zero attached hydrogens (tertiary/aromatic N) is 3. The third-order valence-electron chi connectivity index (χ3n) is 5.34. The summed E-state index contributed by atoms with van der Waals surface area (Å²) in [6.45, 7) is 4.18. The van der Waals surface area contributed by atoms with E-state index in [1.54, 1.807) is 12.1 Å². The van der Waals surface area contributed by atoms with Crippen molar-refractivity contribution in [2.24, 2.45) is 0 Å². The van der Waals surface area contributed by atoms with Gasteiger partial charge in [-0.05, 0) is 56.2 Å². The molecule has 1 aliphatic heterocycles. The first-order valence-corrected chi connectivity index (χ1v) is 11.6. The second-order valence-electron chi connectivity index (χ2n) is 7.71. The lowest BCUT2D eigenvalue weighted by molar-refractivity contribution is -0.114. The van der Waals surface area contributed by atoms with E-state index < -0.39 is 10.0 Å². The normalized spacial score (nSPS) is 15.7. The van der Waals surface area contributed by atoms with E-state index in [2.05, 4.69) is 15.5 Å². The Morgan fingerprint density at radius 2 is 1.84 bits per heavy atom. The summed E-state index contributed by atoms with van der Waals surface area (Å²) in [6.07, 6.45) is 1.24. The summed E-state index contributed by atoms with van der Waals surface area (Å²) < 4.78 is 32.9. The second-order valence-corrected chi connectivity index (χ2v) is 9.65. The van der Waals surface area contributed by atoms with Gasteiger partial charge in [-0.1, -0.05) is 22.9 Å². The van der Waals surface area contributed by atoms with Crippen LogP contribution in [0.4, 0.5) is 5.69 Å². The highest BCUT2D eigenvalue weighted by atomic mass is 32.2. The maximum absolute atomic E-state index is 13.0. The van der Waals surface area contributed by atoms with Gasteiger partial charge in [-0.2, -0.15) is 9.29 Å². The van der Waals surface area contributed by atoms with E-state index in [-0.39, 0.29) is 16.7 Å². The summed E-state index contributed by atoms with van der Waals surface area (Å²) in [4.78, 5) is 15.9. The first-order chi connectivity index (χ1) is 14.8. The van der Waals surface area contributed by atoms with Crippen molar-refractivity contribution >= 4 is 21.6 Å². The van der Waals surface area contributed by atoms with Gasteiger partial charge in [0.1, 0.15) is 0 Å². The van der Waals surface area contributed by atoms with E-state index in [1.165, 1.54) is 23.4 Å². The van der Waals surface area contributed by atoms with E-state index in [9.17, 15) is 13.2 Å². The lowest BCUT2D eigenvalue weighted by Gasteiger charge is -2.29. The van der Waals surface area contributed by atoms with Gasteiger partial charge >= 0.3 is 0 Å². The van der Waals surface area contributed by atoms with Crippen LogP contribution in [0, 0.1) is 6.92 Å². The van der Waals surface area contributed by atoms with Crippen LogP contribution >= 0.6 is 0 Å². The Morgan fingerprint density at radius 1 is 1.13 bits per heavy atom. The van der Waals surface area contributed by atoms with Gasteiger partial charge in [-0.25, -0.2) is 8.42 Å². The third kappa shape index (κ3) is 4.67. The first kappa shape index (κ1) is 21.2. The smallest absolute Gasteiger partial charge is 0.257 e. The highest BCUT2D eigenvalue weighted by molar-refractivity contribution is 7.89. The van der Waals surface area contributed by atoms with Gasteiger partial charge in [-0.3, -0.25) is 4.79 Å². The molecule has 8 nitrogen and oxygen atoms in total. The molecule has 1 N–H and O–H groups in total. The van der Waals surface area contributed by atoms with Crippen molar-refractivity contribution in [3.8, 4) is 11.5 Å². The molecule has 0 aliphatic carbocycles. The number of carbonyl (C=O) groups is 1. The molecule has 0 spiro atoms. The predicted octanol–water partition coefficient (Wildman–Crippen LogP) is 3.57. The van der Waals surface area contributed by atoms with Gasteiger partial charge in [0.05, 0.1) is 4.90 Å². The quantitative estimate of drug-likeness (QED) is 0.650. The van der Waals surface area contributed by atoms with Crippen LogP contribution in [0.5, 0.6) is 0 Å². The molecule has 2 heterocycles. The molecule has 1 saturated heterocycles. The molecule has 2 aromatic carbocycles. The zero-order valence-electron chi connectivity index (χ0n) is 17.4. The molecule has 1 fully saturated rings. The molecule has 0 saturated carbocycles. The molecular weight excluding hydrogens is 416 g/mol. The molecule has 31 heavy (non-hydrogen) atoms. The van der Waals surface area contributed by atoms with Crippen molar-refractivity contribution in [3.05, 3.63) is 59.9 Å². The number of benzene rings is 2. The molecule has 3 aromatic rings. The van der Waals surface area contributed by atoms with Gasteiger partial charge in [-0.15, -0.1) is 0 Å². The zero-order chi connectivity index (χ0) is 22.0. The number of anilines is 1. The molecule has 1 aromatic heterocycles. The Morgan fingerprint density at radius 3 is 2.48 bits per heavy atom. The number of sulfonamides is 1. The lowest BCUT2D eigenvalue weighted by Crippen LogP contribution is -2.38. The average Bonchev–Trinajstić information content (AvgIpc) is 3.24. The van der Waals surface area contributed by atoms with Crippen molar-refractivity contribution in [3.63, 3.8) is 0 Å². The van der Waals surface area contributed by atoms with Crippen molar-refractivity contribution in [1.82, 2.24) is 14.4 Å². The summed E-state index contributed by atoms with van der Waals surface area (Å²) in [5.41, 5.74) is 2.55. The monoisotopic (exact) mass is 440 g/mol. The number of amides is 1. The van der Waals surface area contributed by atoms with Crippen molar-refractivity contribution < 1.29 is 17.7 Å². The predicted molar refractivity (Wildman–Crippen MR) is 116 cm³/mol.